The fraction of sp³-hybridized carbons (Fsp3) is 0.281. The van der Waals surface area contributed by atoms with Crippen molar-refractivity contribution in [3.63, 3.8) is 0 Å². The standard InChI is InChI=1S/C32H32ClN3O2S/c1-2-26(37)10-4-3-5-11-28(35-31(38)17-24-20-39-30-15-14-25(33)18-27(24)30)32-34-19-29(36-32)23-13-12-21-8-6-7-9-22(21)16-23/h6-9,12-16,18-20,28H,2-5,10-11,17H2,1H3,(H,34,36)(H,35,38)/t28-/m0/s1. The van der Waals surface area contributed by atoms with Crippen molar-refractivity contribution < 1.29 is 9.59 Å². The molecule has 0 unspecified atom stereocenters. The number of nitrogens with one attached hydrogen (secondary N) is 2. The molecule has 0 fully saturated rings. The highest BCUT2D eigenvalue weighted by Gasteiger charge is 2.20. The third kappa shape index (κ3) is 6.75. The Bertz CT molecular complexity index is 1610. The zero-order valence-corrected chi connectivity index (χ0v) is 23.6. The number of nitrogens with zero attached hydrogens (tertiary/aromatic N) is 1. The van der Waals surface area contributed by atoms with E-state index >= 15 is 0 Å². The monoisotopic (exact) mass is 557 g/mol. The number of rotatable bonds is 12. The fourth-order valence-corrected chi connectivity index (χ4v) is 6.04. The van der Waals surface area contributed by atoms with Crippen molar-refractivity contribution in [1.82, 2.24) is 15.3 Å². The van der Waals surface area contributed by atoms with Gasteiger partial charge in [-0.3, -0.25) is 9.59 Å². The van der Waals surface area contributed by atoms with Gasteiger partial charge < -0.3 is 10.3 Å². The van der Waals surface area contributed by atoms with Crippen molar-refractivity contribution in [1.29, 1.82) is 0 Å². The average molecular weight is 558 g/mol. The molecule has 1 amide bonds. The molecule has 1 atom stereocenters. The van der Waals surface area contributed by atoms with E-state index in [4.69, 9.17) is 11.6 Å². The number of H-pyrrole nitrogens is 1. The molecular formula is C32H32ClN3O2S. The highest BCUT2D eigenvalue weighted by Crippen LogP contribution is 2.30. The molecule has 0 aliphatic heterocycles. The Morgan fingerprint density at radius 2 is 1.87 bits per heavy atom. The van der Waals surface area contributed by atoms with E-state index in [1.807, 2.05) is 48.8 Å². The van der Waals surface area contributed by atoms with Crippen LogP contribution in [0.5, 0.6) is 0 Å². The van der Waals surface area contributed by atoms with E-state index in [2.05, 4.69) is 45.6 Å². The summed E-state index contributed by atoms with van der Waals surface area (Å²) in [7, 11) is 0. The largest absolute Gasteiger partial charge is 0.346 e. The first kappa shape index (κ1) is 27.1. The van der Waals surface area contributed by atoms with Crippen LogP contribution in [0.3, 0.4) is 0 Å². The summed E-state index contributed by atoms with van der Waals surface area (Å²) in [4.78, 5) is 33.1. The highest BCUT2D eigenvalue weighted by molar-refractivity contribution is 7.17. The number of carbonyl (C=O) groups is 2. The molecule has 2 aromatic heterocycles. The molecule has 0 aliphatic rings. The Balaban J connectivity index is 1.32. The summed E-state index contributed by atoms with van der Waals surface area (Å²) in [5.41, 5.74) is 2.95. The maximum absolute atomic E-state index is 13.2. The van der Waals surface area contributed by atoms with Gasteiger partial charge in [-0.05, 0) is 64.2 Å². The van der Waals surface area contributed by atoms with Crippen molar-refractivity contribution >= 4 is 55.5 Å². The molecule has 0 saturated heterocycles. The molecule has 200 valence electrons. The lowest BCUT2D eigenvalue weighted by molar-refractivity contribution is -0.121. The number of carbonyl (C=O) groups excluding carboxylic acids is 2. The molecule has 2 N–H and O–H groups in total. The molecule has 0 saturated carbocycles. The van der Waals surface area contributed by atoms with Crippen LogP contribution in [-0.4, -0.2) is 21.7 Å². The molecule has 5 aromatic rings. The topological polar surface area (TPSA) is 74.8 Å². The lowest BCUT2D eigenvalue weighted by atomic mass is 10.0. The summed E-state index contributed by atoms with van der Waals surface area (Å²) in [6, 6.07) is 20.2. The smallest absolute Gasteiger partial charge is 0.225 e. The lowest BCUT2D eigenvalue weighted by Gasteiger charge is -2.17. The highest BCUT2D eigenvalue weighted by atomic mass is 35.5. The number of thiophene rings is 1. The van der Waals surface area contributed by atoms with Crippen molar-refractivity contribution in [2.45, 2.75) is 57.9 Å². The Hall–Kier alpha value is -3.48. The van der Waals surface area contributed by atoms with E-state index in [9.17, 15) is 9.59 Å². The minimum Gasteiger partial charge on any atom is -0.346 e. The Morgan fingerprint density at radius 1 is 1.03 bits per heavy atom. The van der Waals surface area contributed by atoms with Crippen LogP contribution in [0.4, 0.5) is 0 Å². The zero-order valence-electron chi connectivity index (χ0n) is 22.0. The first-order valence-corrected chi connectivity index (χ1v) is 14.8. The van der Waals surface area contributed by atoms with Crippen LogP contribution in [0.15, 0.2) is 72.2 Å². The van der Waals surface area contributed by atoms with E-state index in [1.165, 1.54) is 10.8 Å². The van der Waals surface area contributed by atoms with Crippen LogP contribution in [0, 0.1) is 0 Å². The number of hydrogen-bond donors (Lipinski definition) is 2. The van der Waals surface area contributed by atoms with E-state index in [1.54, 1.807) is 11.3 Å². The number of unbranched alkanes of at least 4 members (excludes halogenated alkanes) is 2. The Morgan fingerprint density at radius 3 is 2.72 bits per heavy atom. The lowest BCUT2D eigenvalue weighted by Crippen LogP contribution is -2.30. The second kappa shape index (κ2) is 12.6. The summed E-state index contributed by atoms with van der Waals surface area (Å²) in [5.74, 6) is 0.993. The molecule has 0 spiro atoms. The molecular weight excluding hydrogens is 526 g/mol. The normalized spacial score (nSPS) is 12.2. The van der Waals surface area contributed by atoms with Gasteiger partial charge in [0.25, 0.3) is 0 Å². The molecule has 2 heterocycles. The quantitative estimate of drug-likeness (QED) is 0.151. The van der Waals surface area contributed by atoms with Crippen molar-refractivity contribution in [2.75, 3.05) is 0 Å². The number of imidazole rings is 1. The van der Waals surface area contributed by atoms with Gasteiger partial charge in [0, 0.05) is 28.1 Å². The predicted molar refractivity (Wildman–Crippen MR) is 161 cm³/mol. The van der Waals surface area contributed by atoms with Gasteiger partial charge in [0.15, 0.2) is 0 Å². The number of hydrogen-bond acceptors (Lipinski definition) is 4. The molecule has 7 heteroatoms. The second-order valence-corrected chi connectivity index (χ2v) is 11.3. The molecule has 5 rings (SSSR count). The van der Waals surface area contributed by atoms with E-state index in [0.29, 0.717) is 23.6 Å². The number of ketones is 1. The first-order chi connectivity index (χ1) is 19.0. The number of Topliss-reactive ketones (excluding diaryl/α,β-unsaturated/α-hetero) is 1. The molecule has 39 heavy (non-hydrogen) atoms. The Labute approximate surface area is 237 Å². The maximum Gasteiger partial charge on any atom is 0.225 e. The number of halogens is 1. The number of amides is 1. The van der Waals surface area contributed by atoms with E-state index < -0.39 is 0 Å². The molecule has 0 radical (unpaired) electrons. The average Bonchev–Trinajstić information content (AvgIpc) is 3.59. The van der Waals surface area contributed by atoms with E-state index in [-0.39, 0.29) is 18.4 Å². The third-order valence-electron chi connectivity index (χ3n) is 7.13. The van der Waals surface area contributed by atoms with Gasteiger partial charge in [-0.2, -0.15) is 0 Å². The fourth-order valence-electron chi connectivity index (χ4n) is 4.93. The van der Waals surface area contributed by atoms with Crippen LogP contribution in [-0.2, 0) is 16.0 Å². The molecule has 3 aromatic carbocycles. The van der Waals surface area contributed by atoms with Gasteiger partial charge >= 0.3 is 0 Å². The second-order valence-electron chi connectivity index (χ2n) is 9.93. The van der Waals surface area contributed by atoms with Crippen molar-refractivity contribution in [2.24, 2.45) is 0 Å². The third-order valence-corrected chi connectivity index (χ3v) is 8.38. The summed E-state index contributed by atoms with van der Waals surface area (Å²) in [6.45, 7) is 1.91. The number of fused-ring (bicyclic) bond motifs is 2. The van der Waals surface area contributed by atoms with Gasteiger partial charge in [-0.25, -0.2) is 4.98 Å². The van der Waals surface area contributed by atoms with Gasteiger partial charge in [0.2, 0.25) is 5.91 Å². The SMILES string of the molecule is CCC(=O)CCCCC[C@H](NC(=O)Cc1csc2ccc(Cl)cc12)c1ncc(-c2ccc3ccccc3c2)[nH]1. The summed E-state index contributed by atoms with van der Waals surface area (Å²) in [6.07, 6.45) is 6.77. The molecule has 0 aliphatic carbocycles. The number of aromatic nitrogens is 2. The maximum atomic E-state index is 13.2. The van der Waals surface area contributed by atoms with Crippen LogP contribution in [0.25, 0.3) is 32.1 Å². The van der Waals surface area contributed by atoms with Gasteiger partial charge in [0.1, 0.15) is 11.6 Å². The number of aromatic amines is 1. The minimum atomic E-state index is -0.248. The Kier molecular flexibility index (Phi) is 8.74. The minimum absolute atomic E-state index is 0.0514. The van der Waals surface area contributed by atoms with Gasteiger partial charge in [0.05, 0.1) is 24.4 Å². The van der Waals surface area contributed by atoms with Crippen LogP contribution < -0.4 is 5.32 Å². The predicted octanol–water partition coefficient (Wildman–Crippen LogP) is 8.43. The van der Waals surface area contributed by atoms with Crippen LogP contribution in [0.1, 0.15) is 62.9 Å². The van der Waals surface area contributed by atoms with Gasteiger partial charge in [-0.1, -0.05) is 67.8 Å². The zero-order chi connectivity index (χ0) is 27.2. The van der Waals surface area contributed by atoms with Crippen LogP contribution >= 0.6 is 22.9 Å². The van der Waals surface area contributed by atoms with Crippen molar-refractivity contribution in [3.05, 3.63) is 88.7 Å². The molecule has 5 nitrogen and oxygen atoms in total. The number of benzene rings is 3. The van der Waals surface area contributed by atoms with Gasteiger partial charge in [-0.15, -0.1) is 11.3 Å². The first-order valence-electron chi connectivity index (χ1n) is 13.5. The molecule has 0 bridgehead atoms. The summed E-state index contributed by atoms with van der Waals surface area (Å²) >= 11 is 7.84. The van der Waals surface area contributed by atoms with E-state index in [0.717, 1.165) is 58.4 Å². The summed E-state index contributed by atoms with van der Waals surface area (Å²) in [5, 5.41) is 9.31. The van der Waals surface area contributed by atoms with Crippen molar-refractivity contribution in [3.8, 4) is 11.3 Å². The van der Waals surface area contributed by atoms with Crippen LogP contribution in [0.2, 0.25) is 5.02 Å². The summed E-state index contributed by atoms with van der Waals surface area (Å²) < 4.78 is 1.12.